The minimum absolute atomic E-state index is 0.128. The average Bonchev–Trinajstić information content (AvgIpc) is 2.96. The lowest BCUT2D eigenvalue weighted by molar-refractivity contribution is 0.0761. The zero-order chi connectivity index (χ0) is 17.6. The Hall–Kier alpha value is -2.33. The first-order chi connectivity index (χ1) is 12.2. The van der Waals surface area contributed by atoms with E-state index in [1.807, 2.05) is 53.4 Å². The van der Waals surface area contributed by atoms with Crippen molar-refractivity contribution in [1.29, 1.82) is 0 Å². The molecule has 2 N–H and O–H groups in total. The fourth-order valence-corrected chi connectivity index (χ4v) is 3.32. The van der Waals surface area contributed by atoms with E-state index in [9.17, 15) is 4.79 Å². The summed E-state index contributed by atoms with van der Waals surface area (Å²) in [5.74, 6) is 0.921. The van der Waals surface area contributed by atoms with Gasteiger partial charge in [-0.15, -0.1) is 0 Å². The molecule has 1 heterocycles. The number of likely N-dealkylation sites (tertiary alicyclic amines) is 1. The molecule has 1 atom stereocenters. The topological polar surface area (TPSA) is 55.6 Å². The van der Waals surface area contributed by atoms with Gasteiger partial charge in [0.05, 0.1) is 13.2 Å². The quantitative estimate of drug-likeness (QED) is 0.923. The third-order valence-corrected chi connectivity index (χ3v) is 4.86. The molecule has 0 radical (unpaired) electrons. The van der Waals surface area contributed by atoms with Gasteiger partial charge in [0.1, 0.15) is 5.75 Å². The second-order valence-corrected chi connectivity index (χ2v) is 6.58. The van der Waals surface area contributed by atoms with Gasteiger partial charge in [0.25, 0.3) is 5.91 Å². The molecule has 4 nitrogen and oxygen atoms in total. The maximum atomic E-state index is 12.7. The minimum atomic E-state index is -0.238. The van der Waals surface area contributed by atoms with E-state index >= 15 is 0 Å². The first-order valence-electron chi connectivity index (χ1n) is 8.98. The van der Waals surface area contributed by atoms with Gasteiger partial charge in [-0.25, -0.2) is 0 Å². The van der Waals surface area contributed by atoms with E-state index in [-0.39, 0.29) is 11.9 Å². The van der Waals surface area contributed by atoms with Crippen molar-refractivity contribution in [3.8, 4) is 5.75 Å². The molecule has 1 fully saturated rings. The van der Waals surface area contributed by atoms with Crippen LogP contribution in [0.15, 0.2) is 48.5 Å². The van der Waals surface area contributed by atoms with E-state index in [4.69, 9.17) is 10.5 Å². The summed E-state index contributed by atoms with van der Waals surface area (Å²) in [6, 6.07) is 15.2. The van der Waals surface area contributed by atoms with Crippen molar-refractivity contribution < 1.29 is 9.53 Å². The molecule has 1 amide bonds. The minimum Gasteiger partial charge on any atom is -0.497 e. The largest absolute Gasteiger partial charge is 0.497 e. The maximum absolute atomic E-state index is 12.7. The monoisotopic (exact) mass is 338 g/mol. The molecule has 2 aromatic rings. The lowest BCUT2D eigenvalue weighted by atomic mass is 9.98. The number of methoxy groups -OCH3 is 1. The van der Waals surface area contributed by atoms with Crippen molar-refractivity contribution in [2.24, 2.45) is 5.73 Å². The summed E-state index contributed by atoms with van der Waals surface area (Å²) in [6.45, 7) is 1.73. The van der Waals surface area contributed by atoms with Gasteiger partial charge in [0, 0.05) is 18.7 Å². The lowest BCUT2D eigenvalue weighted by Crippen LogP contribution is -2.31. The predicted octanol–water partition coefficient (Wildman–Crippen LogP) is 3.76. The van der Waals surface area contributed by atoms with Crippen LogP contribution in [0.4, 0.5) is 0 Å². The second-order valence-electron chi connectivity index (χ2n) is 6.58. The summed E-state index contributed by atoms with van der Waals surface area (Å²) in [6.07, 6.45) is 4.64. The Kier molecular flexibility index (Phi) is 5.71. The molecule has 0 spiro atoms. The Bertz CT molecular complexity index is 704. The van der Waals surface area contributed by atoms with Gasteiger partial charge in [-0.3, -0.25) is 4.79 Å². The second kappa shape index (κ2) is 8.17. The highest BCUT2D eigenvalue weighted by molar-refractivity contribution is 5.94. The van der Waals surface area contributed by atoms with Gasteiger partial charge in [-0.05, 0) is 48.2 Å². The maximum Gasteiger partial charge on any atom is 0.253 e. The number of ether oxygens (including phenoxy) is 1. The molecule has 132 valence electrons. The van der Waals surface area contributed by atoms with Crippen LogP contribution in [0.25, 0.3) is 0 Å². The molecule has 0 aromatic heterocycles. The predicted molar refractivity (Wildman–Crippen MR) is 99.8 cm³/mol. The zero-order valence-corrected chi connectivity index (χ0v) is 14.8. The van der Waals surface area contributed by atoms with Crippen molar-refractivity contribution >= 4 is 5.91 Å². The van der Waals surface area contributed by atoms with E-state index in [2.05, 4.69) is 0 Å². The van der Waals surface area contributed by atoms with Crippen LogP contribution in [0.5, 0.6) is 5.75 Å². The molecular weight excluding hydrogens is 312 g/mol. The highest BCUT2D eigenvalue weighted by Crippen LogP contribution is 2.24. The van der Waals surface area contributed by atoms with E-state index in [1.54, 1.807) is 7.11 Å². The number of amides is 1. The van der Waals surface area contributed by atoms with Crippen molar-refractivity contribution in [2.75, 3.05) is 20.2 Å². The van der Waals surface area contributed by atoms with Gasteiger partial charge in [0.2, 0.25) is 0 Å². The van der Waals surface area contributed by atoms with Gasteiger partial charge >= 0.3 is 0 Å². The fraction of sp³-hybridized carbons (Fsp3) is 0.381. The summed E-state index contributed by atoms with van der Waals surface area (Å²) in [4.78, 5) is 14.6. The van der Waals surface area contributed by atoms with Crippen LogP contribution >= 0.6 is 0 Å². The number of hydrogen-bond acceptors (Lipinski definition) is 3. The summed E-state index contributed by atoms with van der Waals surface area (Å²) >= 11 is 0. The third kappa shape index (κ3) is 4.20. The molecule has 3 rings (SSSR count). The van der Waals surface area contributed by atoms with Crippen LogP contribution in [-0.4, -0.2) is 31.0 Å². The number of nitrogens with two attached hydrogens (primary N) is 1. The molecule has 1 unspecified atom stereocenters. The Morgan fingerprint density at radius 3 is 2.32 bits per heavy atom. The number of nitrogens with zero attached hydrogens (tertiary/aromatic N) is 1. The fourth-order valence-electron chi connectivity index (χ4n) is 3.32. The number of rotatable bonds is 4. The number of hydrogen-bond donors (Lipinski definition) is 1. The van der Waals surface area contributed by atoms with Crippen LogP contribution in [0, 0.1) is 0 Å². The van der Waals surface area contributed by atoms with Gasteiger partial charge < -0.3 is 15.4 Å². The normalized spacial score (nSPS) is 16.2. The Balaban J connectivity index is 1.73. The van der Waals surface area contributed by atoms with Gasteiger partial charge in [0.15, 0.2) is 0 Å². The van der Waals surface area contributed by atoms with Gasteiger partial charge in [-0.2, -0.15) is 0 Å². The Morgan fingerprint density at radius 1 is 1.00 bits per heavy atom. The first kappa shape index (κ1) is 17.5. The smallest absolute Gasteiger partial charge is 0.253 e. The van der Waals surface area contributed by atoms with Crippen molar-refractivity contribution in [2.45, 2.75) is 31.7 Å². The molecule has 0 saturated carbocycles. The van der Waals surface area contributed by atoms with Crippen LogP contribution in [0.2, 0.25) is 0 Å². The molecule has 4 heteroatoms. The Morgan fingerprint density at radius 2 is 1.68 bits per heavy atom. The van der Waals surface area contributed by atoms with Crippen molar-refractivity contribution in [3.63, 3.8) is 0 Å². The number of benzene rings is 2. The first-order valence-corrected chi connectivity index (χ1v) is 8.98. The van der Waals surface area contributed by atoms with Crippen LogP contribution < -0.4 is 10.5 Å². The van der Waals surface area contributed by atoms with Gasteiger partial charge in [-0.1, -0.05) is 37.1 Å². The average molecular weight is 338 g/mol. The van der Waals surface area contributed by atoms with Crippen LogP contribution in [-0.2, 0) is 0 Å². The summed E-state index contributed by atoms with van der Waals surface area (Å²) in [7, 11) is 1.65. The van der Waals surface area contributed by atoms with Crippen LogP contribution in [0.3, 0.4) is 0 Å². The highest BCUT2D eigenvalue weighted by Gasteiger charge is 2.18. The lowest BCUT2D eigenvalue weighted by Gasteiger charge is -2.21. The number of carbonyl (C=O) groups excluding carboxylic acids is 1. The Labute approximate surface area is 149 Å². The van der Waals surface area contributed by atoms with E-state index in [0.29, 0.717) is 0 Å². The van der Waals surface area contributed by atoms with E-state index in [1.165, 1.54) is 12.8 Å². The molecule has 1 saturated heterocycles. The molecule has 25 heavy (non-hydrogen) atoms. The highest BCUT2D eigenvalue weighted by atomic mass is 16.5. The van der Waals surface area contributed by atoms with Crippen LogP contribution in [0.1, 0.15) is 53.2 Å². The standard InChI is InChI=1S/C21H26N2O2/c1-25-19-8-6-7-18(15-19)20(22)16-9-11-17(12-10-16)21(24)23-13-4-2-3-5-14-23/h6-12,15,20H,2-5,13-14,22H2,1H3. The molecule has 1 aliphatic rings. The SMILES string of the molecule is COc1cccc(C(N)c2ccc(C(=O)N3CCCCCC3)cc2)c1. The molecule has 2 aromatic carbocycles. The van der Waals surface area contributed by atoms with E-state index in [0.717, 1.165) is 48.4 Å². The molecule has 0 aliphatic carbocycles. The molecule has 1 aliphatic heterocycles. The van der Waals surface area contributed by atoms with Crippen molar-refractivity contribution in [1.82, 2.24) is 4.90 Å². The van der Waals surface area contributed by atoms with E-state index < -0.39 is 0 Å². The van der Waals surface area contributed by atoms with Crippen molar-refractivity contribution in [3.05, 3.63) is 65.2 Å². The molecular formula is C21H26N2O2. The summed E-state index contributed by atoms with van der Waals surface area (Å²) in [5.41, 5.74) is 9.10. The summed E-state index contributed by atoms with van der Waals surface area (Å²) < 4.78 is 5.26. The number of carbonyl (C=O) groups is 1. The molecule has 0 bridgehead atoms. The summed E-state index contributed by atoms with van der Waals surface area (Å²) in [5, 5.41) is 0. The third-order valence-electron chi connectivity index (χ3n) is 4.86. The zero-order valence-electron chi connectivity index (χ0n) is 14.8.